The van der Waals surface area contributed by atoms with Crippen LogP contribution in [0.1, 0.15) is 59.3 Å². The van der Waals surface area contributed by atoms with Crippen LogP contribution >= 0.6 is 0 Å². The average Bonchev–Trinajstić information content (AvgIpc) is 2.34. The van der Waals surface area contributed by atoms with Gasteiger partial charge in [0.1, 0.15) is 0 Å². The minimum absolute atomic E-state index is 0.209. The molecule has 3 nitrogen and oxygen atoms in total. The highest BCUT2D eigenvalue weighted by Crippen LogP contribution is 2.61. The van der Waals surface area contributed by atoms with Gasteiger partial charge in [-0.25, -0.2) is 0 Å². The number of carboxylic acids is 1. The standard InChI is InChI=1S/C18H31NO2/c1-12(2)10-19(11-17(20)21)13(3)18-7-14-4-15(8-18)6-16(5-14)9-18/h12-16H,4-11H2,1-3H3,(H,20,21). The molecule has 4 rings (SSSR count). The summed E-state index contributed by atoms with van der Waals surface area (Å²) in [4.78, 5) is 13.5. The van der Waals surface area contributed by atoms with E-state index >= 15 is 0 Å². The summed E-state index contributed by atoms with van der Waals surface area (Å²) >= 11 is 0. The van der Waals surface area contributed by atoms with Crippen molar-refractivity contribution >= 4 is 5.97 Å². The summed E-state index contributed by atoms with van der Waals surface area (Å²) in [5, 5.41) is 9.29. The van der Waals surface area contributed by atoms with Crippen LogP contribution in [-0.4, -0.2) is 35.1 Å². The summed E-state index contributed by atoms with van der Waals surface area (Å²) in [6.07, 6.45) is 8.43. The average molecular weight is 293 g/mol. The lowest BCUT2D eigenvalue weighted by Gasteiger charge is -2.60. The Hall–Kier alpha value is -0.570. The lowest BCUT2D eigenvalue weighted by Crippen LogP contribution is -2.57. The first-order valence-electron chi connectivity index (χ1n) is 8.84. The fraction of sp³-hybridized carbons (Fsp3) is 0.944. The summed E-state index contributed by atoms with van der Waals surface area (Å²) in [6.45, 7) is 7.83. The molecule has 0 saturated heterocycles. The molecule has 1 N–H and O–H groups in total. The zero-order chi connectivity index (χ0) is 15.2. The van der Waals surface area contributed by atoms with Gasteiger partial charge in [-0.05, 0) is 74.5 Å². The van der Waals surface area contributed by atoms with Crippen molar-refractivity contribution in [2.75, 3.05) is 13.1 Å². The number of carbonyl (C=O) groups is 1. The Morgan fingerprint density at radius 3 is 1.95 bits per heavy atom. The van der Waals surface area contributed by atoms with Crippen molar-refractivity contribution < 1.29 is 9.90 Å². The molecule has 0 radical (unpaired) electrons. The van der Waals surface area contributed by atoms with E-state index in [1.54, 1.807) is 0 Å². The van der Waals surface area contributed by atoms with Gasteiger partial charge in [0.25, 0.3) is 0 Å². The monoisotopic (exact) mass is 293 g/mol. The normalized spacial score (nSPS) is 39.2. The van der Waals surface area contributed by atoms with Crippen LogP contribution in [0.15, 0.2) is 0 Å². The molecule has 0 spiro atoms. The third-order valence-corrected chi connectivity index (χ3v) is 6.46. The van der Waals surface area contributed by atoms with Gasteiger partial charge in [0.2, 0.25) is 0 Å². The van der Waals surface area contributed by atoms with E-state index in [0.29, 0.717) is 17.4 Å². The van der Waals surface area contributed by atoms with Crippen LogP contribution in [-0.2, 0) is 4.79 Å². The first-order valence-corrected chi connectivity index (χ1v) is 8.84. The lowest BCUT2D eigenvalue weighted by molar-refractivity contribution is -0.142. The smallest absolute Gasteiger partial charge is 0.317 e. The van der Waals surface area contributed by atoms with Gasteiger partial charge in [-0.3, -0.25) is 9.69 Å². The maximum absolute atomic E-state index is 11.3. The second kappa shape index (κ2) is 5.57. The Bertz CT molecular complexity index is 369. The van der Waals surface area contributed by atoms with Gasteiger partial charge in [0, 0.05) is 12.6 Å². The van der Waals surface area contributed by atoms with E-state index in [9.17, 15) is 9.90 Å². The predicted molar refractivity (Wildman–Crippen MR) is 84.1 cm³/mol. The van der Waals surface area contributed by atoms with Crippen molar-refractivity contribution in [1.29, 1.82) is 0 Å². The Morgan fingerprint density at radius 2 is 1.57 bits per heavy atom. The molecule has 0 aromatic carbocycles. The Kier molecular flexibility index (Phi) is 4.06. The van der Waals surface area contributed by atoms with Gasteiger partial charge in [-0.1, -0.05) is 13.8 Å². The molecule has 4 aliphatic rings. The molecule has 120 valence electrons. The first-order chi connectivity index (χ1) is 9.88. The maximum atomic E-state index is 11.3. The number of hydrogen-bond donors (Lipinski definition) is 1. The van der Waals surface area contributed by atoms with E-state index in [-0.39, 0.29) is 6.54 Å². The largest absolute Gasteiger partial charge is 0.480 e. The molecule has 1 unspecified atom stereocenters. The highest BCUT2D eigenvalue weighted by atomic mass is 16.4. The minimum atomic E-state index is -0.674. The molecule has 0 aromatic rings. The molecule has 0 aliphatic heterocycles. The summed E-state index contributed by atoms with van der Waals surface area (Å²) in [6, 6.07) is 0.421. The fourth-order valence-electron chi connectivity index (χ4n) is 6.08. The Labute approximate surface area is 129 Å². The van der Waals surface area contributed by atoms with E-state index in [1.807, 2.05) is 0 Å². The van der Waals surface area contributed by atoms with E-state index in [0.717, 1.165) is 24.3 Å². The number of rotatable bonds is 6. The van der Waals surface area contributed by atoms with Crippen molar-refractivity contribution in [3.05, 3.63) is 0 Å². The van der Waals surface area contributed by atoms with Crippen LogP contribution in [0.2, 0.25) is 0 Å². The maximum Gasteiger partial charge on any atom is 0.317 e. The molecule has 1 atom stereocenters. The van der Waals surface area contributed by atoms with Crippen LogP contribution in [0.25, 0.3) is 0 Å². The van der Waals surface area contributed by atoms with Gasteiger partial charge in [-0.15, -0.1) is 0 Å². The molecule has 4 saturated carbocycles. The topological polar surface area (TPSA) is 40.5 Å². The Morgan fingerprint density at radius 1 is 1.10 bits per heavy atom. The molecule has 3 heteroatoms. The predicted octanol–water partition coefficient (Wildman–Crippen LogP) is 3.63. The van der Waals surface area contributed by atoms with Gasteiger partial charge in [-0.2, -0.15) is 0 Å². The van der Waals surface area contributed by atoms with E-state index in [2.05, 4.69) is 25.7 Å². The van der Waals surface area contributed by atoms with Crippen molar-refractivity contribution in [3.8, 4) is 0 Å². The Balaban J connectivity index is 1.78. The molecular weight excluding hydrogens is 262 g/mol. The second-order valence-corrected chi connectivity index (χ2v) is 8.67. The van der Waals surface area contributed by atoms with Crippen LogP contribution in [0, 0.1) is 29.1 Å². The molecule has 0 amide bonds. The van der Waals surface area contributed by atoms with E-state index in [4.69, 9.17) is 0 Å². The van der Waals surface area contributed by atoms with Gasteiger partial charge < -0.3 is 5.11 Å². The molecule has 0 heterocycles. The number of nitrogens with zero attached hydrogens (tertiary/aromatic N) is 1. The lowest BCUT2D eigenvalue weighted by atomic mass is 9.47. The van der Waals surface area contributed by atoms with Gasteiger partial charge >= 0.3 is 5.97 Å². The summed E-state index contributed by atoms with van der Waals surface area (Å²) in [5.74, 6) is 2.66. The summed E-state index contributed by atoms with van der Waals surface area (Å²) in [7, 11) is 0. The van der Waals surface area contributed by atoms with E-state index < -0.39 is 5.97 Å². The summed E-state index contributed by atoms with van der Waals surface area (Å²) < 4.78 is 0. The zero-order valence-electron chi connectivity index (χ0n) is 13.8. The third kappa shape index (κ3) is 2.99. The second-order valence-electron chi connectivity index (χ2n) is 8.67. The van der Waals surface area contributed by atoms with E-state index in [1.165, 1.54) is 38.5 Å². The van der Waals surface area contributed by atoms with Crippen LogP contribution in [0.5, 0.6) is 0 Å². The molecule has 4 aliphatic carbocycles. The highest BCUT2D eigenvalue weighted by Gasteiger charge is 2.54. The van der Waals surface area contributed by atoms with Crippen molar-refractivity contribution in [2.45, 2.75) is 65.3 Å². The van der Waals surface area contributed by atoms with Crippen LogP contribution in [0.3, 0.4) is 0 Å². The number of hydrogen-bond acceptors (Lipinski definition) is 2. The van der Waals surface area contributed by atoms with Crippen molar-refractivity contribution in [3.63, 3.8) is 0 Å². The van der Waals surface area contributed by atoms with Crippen molar-refractivity contribution in [2.24, 2.45) is 29.1 Å². The molecule has 0 aromatic heterocycles. The first kappa shape index (κ1) is 15.3. The van der Waals surface area contributed by atoms with Crippen LogP contribution < -0.4 is 0 Å². The fourth-order valence-corrected chi connectivity index (χ4v) is 6.08. The van der Waals surface area contributed by atoms with Gasteiger partial charge in [0.15, 0.2) is 0 Å². The minimum Gasteiger partial charge on any atom is -0.480 e. The van der Waals surface area contributed by atoms with Gasteiger partial charge in [0.05, 0.1) is 6.54 Å². The summed E-state index contributed by atoms with van der Waals surface area (Å²) in [5.41, 5.74) is 0.416. The zero-order valence-corrected chi connectivity index (χ0v) is 13.8. The van der Waals surface area contributed by atoms with Crippen molar-refractivity contribution in [1.82, 2.24) is 4.90 Å². The SMILES string of the molecule is CC(C)CN(CC(=O)O)C(C)C12CC3CC(CC(C3)C1)C2. The molecule has 21 heavy (non-hydrogen) atoms. The number of carboxylic acid groups (broad SMARTS) is 1. The molecule has 4 fully saturated rings. The molecular formula is C18H31NO2. The molecule has 4 bridgehead atoms. The quantitative estimate of drug-likeness (QED) is 0.813. The highest BCUT2D eigenvalue weighted by molar-refractivity contribution is 5.69. The number of aliphatic carboxylic acids is 1. The van der Waals surface area contributed by atoms with Crippen LogP contribution in [0.4, 0.5) is 0 Å². The third-order valence-electron chi connectivity index (χ3n) is 6.46.